The van der Waals surface area contributed by atoms with Gasteiger partial charge in [0.1, 0.15) is 17.1 Å². The summed E-state index contributed by atoms with van der Waals surface area (Å²) in [7, 11) is 0. The molecule has 0 bridgehead atoms. The van der Waals surface area contributed by atoms with Gasteiger partial charge >= 0.3 is 0 Å². The maximum absolute atomic E-state index is 13.3. The number of nitrogens with one attached hydrogen (secondary N) is 1. The number of pyridine rings is 1. The van der Waals surface area contributed by atoms with Crippen molar-refractivity contribution in [1.29, 1.82) is 0 Å². The van der Waals surface area contributed by atoms with E-state index in [4.69, 9.17) is 9.40 Å². The number of amides is 1. The Kier molecular flexibility index (Phi) is 7.13. The number of nitrogens with zero attached hydrogens (tertiary/aromatic N) is 3. The summed E-state index contributed by atoms with van der Waals surface area (Å²) < 4.78 is 20.7. The first-order valence-electron chi connectivity index (χ1n) is 11.7. The fourth-order valence-corrected chi connectivity index (χ4v) is 4.91. The van der Waals surface area contributed by atoms with E-state index in [0.717, 1.165) is 33.2 Å². The Morgan fingerprint density at radius 3 is 2.58 bits per heavy atom. The van der Waals surface area contributed by atoms with Crippen LogP contribution in [0.2, 0.25) is 0 Å². The van der Waals surface area contributed by atoms with E-state index in [-0.39, 0.29) is 17.8 Å². The SMILES string of the molecule is CC(Cc1ccco1)NC(=O)c1ccc(Cn2c(SCc3ccc(F)cc3)nc3cccnc32)cc1. The fraction of sp³-hybridized carbons (Fsp3) is 0.179. The molecule has 0 aliphatic heterocycles. The third-order valence-corrected chi connectivity index (χ3v) is 6.82. The molecule has 0 aliphatic carbocycles. The molecule has 2 aromatic carbocycles. The number of carbonyl (C=O) groups is 1. The van der Waals surface area contributed by atoms with Gasteiger partial charge in [0.05, 0.1) is 12.8 Å². The fourth-order valence-electron chi connectivity index (χ4n) is 3.95. The quantitative estimate of drug-likeness (QED) is 0.257. The Morgan fingerprint density at radius 1 is 1.06 bits per heavy atom. The van der Waals surface area contributed by atoms with Crippen molar-refractivity contribution in [2.24, 2.45) is 0 Å². The monoisotopic (exact) mass is 500 g/mol. The van der Waals surface area contributed by atoms with Gasteiger partial charge in [0, 0.05) is 30.0 Å². The van der Waals surface area contributed by atoms with E-state index in [1.54, 1.807) is 36.4 Å². The molecule has 8 heteroatoms. The maximum atomic E-state index is 13.3. The predicted octanol–water partition coefficient (Wildman–Crippen LogP) is 5.87. The molecule has 0 saturated carbocycles. The largest absolute Gasteiger partial charge is 0.469 e. The Hall–Kier alpha value is -3.91. The molecule has 0 fully saturated rings. The first-order valence-corrected chi connectivity index (χ1v) is 12.6. The van der Waals surface area contributed by atoms with Gasteiger partial charge in [0.25, 0.3) is 5.91 Å². The second kappa shape index (κ2) is 10.8. The first kappa shape index (κ1) is 23.8. The Labute approximate surface area is 212 Å². The van der Waals surface area contributed by atoms with E-state index < -0.39 is 0 Å². The normalized spacial score (nSPS) is 12.1. The topological polar surface area (TPSA) is 73.0 Å². The van der Waals surface area contributed by atoms with Crippen LogP contribution in [0.15, 0.2) is 94.8 Å². The summed E-state index contributed by atoms with van der Waals surface area (Å²) in [6.45, 7) is 2.52. The van der Waals surface area contributed by atoms with Gasteiger partial charge in [-0.3, -0.25) is 9.36 Å². The zero-order valence-electron chi connectivity index (χ0n) is 19.7. The van der Waals surface area contributed by atoms with Crippen molar-refractivity contribution in [2.45, 2.75) is 36.8 Å². The number of halogens is 1. The van der Waals surface area contributed by atoms with Gasteiger partial charge in [-0.2, -0.15) is 0 Å². The Morgan fingerprint density at radius 2 is 1.83 bits per heavy atom. The van der Waals surface area contributed by atoms with Crippen LogP contribution in [-0.4, -0.2) is 26.5 Å². The molecule has 0 saturated heterocycles. The van der Waals surface area contributed by atoms with E-state index >= 15 is 0 Å². The van der Waals surface area contributed by atoms with Crippen molar-refractivity contribution >= 4 is 28.8 Å². The van der Waals surface area contributed by atoms with Crippen molar-refractivity contribution in [2.75, 3.05) is 0 Å². The lowest BCUT2D eigenvalue weighted by Crippen LogP contribution is -2.33. The van der Waals surface area contributed by atoms with Gasteiger partial charge in [0.2, 0.25) is 0 Å². The van der Waals surface area contributed by atoms with Crippen molar-refractivity contribution in [3.63, 3.8) is 0 Å². The molecule has 3 heterocycles. The van der Waals surface area contributed by atoms with Crippen LogP contribution in [0.1, 0.15) is 34.2 Å². The summed E-state index contributed by atoms with van der Waals surface area (Å²) in [4.78, 5) is 22.0. The van der Waals surface area contributed by atoms with E-state index in [2.05, 4.69) is 14.9 Å². The first-order chi connectivity index (χ1) is 17.5. The molecule has 1 N–H and O–H groups in total. The smallest absolute Gasteiger partial charge is 0.251 e. The number of carbonyl (C=O) groups excluding carboxylic acids is 1. The Balaban J connectivity index is 1.29. The highest BCUT2D eigenvalue weighted by Gasteiger charge is 2.15. The van der Waals surface area contributed by atoms with Crippen molar-refractivity contribution in [1.82, 2.24) is 19.9 Å². The molecule has 1 unspecified atom stereocenters. The molecule has 3 aromatic heterocycles. The molecule has 0 spiro atoms. The van der Waals surface area contributed by atoms with E-state index in [1.165, 1.54) is 12.1 Å². The Bertz CT molecular complexity index is 1450. The average Bonchev–Trinajstić information content (AvgIpc) is 3.52. The molecule has 6 nitrogen and oxygen atoms in total. The third kappa shape index (κ3) is 5.66. The molecule has 0 radical (unpaired) electrons. The van der Waals surface area contributed by atoms with Crippen molar-refractivity contribution in [3.05, 3.63) is 114 Å². The third-order valence-electron chi connectivity index (χ3n) is 5.77. The molecular formula is C28H25FN4O2S. The van der Waals surface area contributed by atoms with Gasteiger partial charge in [-0.05, 0) is 66.6 Å². The van der Waals surface area contributed by atoms with Crippen LogP contribution < -0.4 is 5.32 Å². The molecule has 182 valence electrons. The van der Waals surface area contributed by atoms with E-state index in [9.17, 15) is 9.18 Å². The molecule has 5 rings (SSSR count). The average molecular weight is 501 g/mol. The van der Waals surface area contributed by atoms with Crippen molar-refractivity contribution in [3.8, 4) is 0 Å². The van der Waals surface area contributed by atoms with Crippen LogP contribution in [0.5, 0.6) is 0 Å². The van der Waals surface area contributed by atoms with Gasteiger partial charge in [-0.1, -0.05) is 36.0 Å². The molecule has 1 atom stereocenters. The number of aromatic nitrogens is 3. The number of fused-ring (bicyclic) bond motifs is 1. The van der Waals surface area contributed by atoms with E-state index in [0.29, 0.717) is 24.3 Å². The lowest BCUT2D eigenvalue weighted by atomic mass is 10.1. The highest BCUT2D eigenvalue weighted by Crippen LogP contribution is 2.27. The summed E-state index contributed by atoms with van der Waals surface area (Å²) in [5.41, 5.74) is 4.27. The molecular weight excluding hydrogens is 475 g/mol. The van der Waals surface area contributed by atoms with Gasteiger partial charge < -0.3 is 9.73 Å². The van der Waals surface area contributed by atoms with E-state index in [1.807, 2.05) is 55.5 Å². The predicted molar refractivity (Wildman–Crippen MR) is 138 cm³/mol. The van der Waals surface area contributed by atoms with Gasteiger partial charge in [-0.15, -0.1) is 0 Å². The number of thioether (sulfide) groups is 1. The van der Waals surface area contributed by atoms with Crippen LogP contribution in [-0.2, 0) is 18.7 Å². The summed E-state index contributed by atoms with van der Waals surface area (Å²) in [6, 6.07) is 21.6. The van der Waals surface area contributed by atoms with Crippen LogP contribution in [0.25, 0.3) is 11.2 Å². The summed E-state index contributed by atoms with van der Waals surface area (Å²) in [6.07, 6.45) is 4.02. The lowest BCUT2D eigenvalue weighted by molar-refractivity contribution is 0.0939. The highest BCUT2D eigenvalue weighted by molar-refractivity contribution is 7.98. The molecule has 5 aromatic rings. The van der Waals surface area contributed by atoms with Crippen molar-refractivity contribution < 1.29 is 13.6 Å². The van der Waals surface area contributed by atoms with Crippen LogP contribution in [0.3, 0.4) is 0 Å². The molecule has 1 amide bonds. The zero-order valence-corrected chi connectivity index (χ0v) is 20.5. The number of benzene rings is 2. The standard InChI is InChI=1S/C28H25FN4O2S/c1-19(16-24-4-3-15-35-24)31-27(34)22-10-6-20(7-11-22)17-33-26-25(5-2-14-30-26)32-28(33)36-18-21-8-12-23(29)13-9-21/h2-15,19H,16-18H2,1H3,(H,31,34). The van der Waals surface area contributed by atoms with Crippen LogP contribution in [0.4, 0.5) is 4.39 Å². The number of furan rings is 1. The van der Waals surface area contributed by atoms with Gasteiger partial charge in [0.15, 0.2) is 10.8 Å². The number of hydrogen-bond donors (Lipinski definition) is 1. The number of imidazole rings is 1. The summed E-state index contributed by atoms with van der Waals surface area (Å²) in [5, 5.41) is 3.85. The minimum Gasteiger partial charge on any atom is -0.469 e. The zero-order chi connectivity index (χ0) is 24.9. The van der Waals surface area contributed by atoms with Crippen LogP contribution in [0, 0.1) is 5.82 Å². The minimum absolute atomic E-state index is 0.0487. The lowest BCUT2D eigenvalue weighted by Gasteiger charge is -2.13. The maximum Gasteiger partial charge on any atom is 0.251 e. The minimum atomic E-state index is -0.246. The summed E-state index contributed by atoms with van der Waals surface area (Å²) >= 11 is 1.58. The number of hydrogen-bond acceptors (Lipinski definition) is 5. The van der Waals surface area contributed by atoms with Gasteiger partial charge in [-0.25, -0.2) is 14.4 Å². The second-order valence-electron chi connectivity index (χ2n) is 8.60. The molecule has 0 aliphatic rings. The number of rotatable bonds is 9. The molecule has 36 heavy (non-hydrogen) atoms. The second-order valence-corrected chi connectivity index (χ2v) is 9.54. The van der Waals surface area contributed by atoms with Crippen LogP contribution >= 0.6 is 11.8 Å². The highest BCUT2D eigenvalue weighted by atomic mass is 32.2. The summed E-state index contributed by atoms with van der Waals surface area (Å²) in [5.74, 6) is 1.14.